The third-order valence-corrected chi connectivity index (χ3v) is 22.9. The summed E-state index contributed by atoms with van der Waals surface area (Å²) in [6, 6.07) is 78.4. The van der Waals surface area contributed by atoms with E-state index in [-0.39, 0.29) is 0 Å². The highest BCUT2D eigenvalue weighted by Gasteiger charge is 2.30. The Morgan fingerprint density at radius 1 is 0.237 bits per heavy atom. The molecule has 0 aliphatic rings. The van der Waals surface area contributed by atoms with Crippen molar-refractivity contribution in [3.05, 3.63) is 334 Å². The standard InChI is InChI=1S/2C27H25N2O.2C26H23N2O/c2*1-16-14-23(29(5)15-22(16)20-9-7-6-8-10-20)25-18(3)13-17(2)24-21-12-11-19(4)28-27(21)30-26(24)25;1-16-14-17(2)24(25-23(16)21-12-10-18(3)27-26(21)29-25)22-13-11-20(15-28(22)4)19-8-6-5-7-9-19;1-16-10-12-20-21-13-11-18(3)27-26(21)29-25(20)24(16)23-14-17(2)22(15-28(23)4)19-8-6-5-7-9-19/h2*6-15H,1-5H3;2*5-15H,1-4H3/q4*+1/i2D3;;1D3;. The maximum atomic E-state index is 8.15. The molecule has 0 aliphatic heterocycles. The van der Waals surface area contributed by atoms with Gasteiger partial charge in [0, 0.05) is 121 Å². The molecule has 20 rings (SSSR count). The van der Waals surface area contributed by atoms with Gasteiger partial charge in [0.15, 0.2) is 47.1 Å². The Morgan fingerprint density at radius 3 is 0.915 bits per heavy atom. The minimum Gasteiger partial charge on any atom is -0.437 e. The zero-order chi connectivity index (χ0) is 87.2. The quantitative estimate of drug-likeness (QED) is 0.138. The van der Waals surface area contributed by atoms with Gasteiger partial charge in [0.1, 0.15) is 28.2 Å². The predicted octanol–water partition coefficient (Wildman–Crippen LogP) is 24.9. The maximum absolute atomic E-state index is 8.15. The van der Waals surface area contributed by atoms with Crippen LogP contribution in [-0.4, -0.2) is 19.9 Å². The smallest absolute Gasteiger partial charge is 0.227 e. The van der Waals surface area contributed by atoms with E-state index in [1.54, 1.807) is 12.1 Å². The lowest BCUT2D eigenvalue weighted by Crippen LogP contribution is -2.31. The number of pyridine rings is 8. The molecule has 0 N–H and O–H groups in total. The number of hydrogen-bond acceptors (Lipinski definition) is 8. The first-order chi connectivity index (χ1) is 59.3. The normalized spacial score (nSPS) is 12.4. The van der Waals surface area contributed by atoms with E-state index in [1.165, 1.54) is 50.1 Å². The number of aromatic nitrogens is 8. The fourth-order valence-electron chi connectivity index (χ4n) is 17.0. The third-order valence-electron chi connectivity index (χ3n) is 22.9. The average Bonchev–Trinajstić information content (AvgIpc) is 1.57. The van der Waals surface area contributed by atoms with Crippen LogP contribution in [0.5, 0.6) is 0 Å². The van der Waals surface area contributed by atoms with Crippen LogP contribution in [0.2, 0.25) is 0 Å². The SMILES string of the molecule is Cc1ccc2c(n1)oc1c(-c3cc(C)c(-c4ccccc4)c[n+]3C)c(C)cc(C)c12.Cc1ccc2c(n1)oc1c(-c3cc(C)c(-c4ccccc4)c[n+]3C)c(C)ccc12.[2H]C([2H])([2H])c1cc(C)c(-c2cc(C)c(-c3ccccc3)c[n+]2C)c2oc3nc(C)ccc3c12.[2H]C([2H])([2H])c1cc(C)c(-c2ccc(-c3ccccc3)c[n+]2C)c2oc3nc(C)ccc3c12. The van der Waals surface area contributed by atoms with Crippen LogP contribution in [0.15, 0.2) is 273 Å². The molecule has 12 aromatic heterocycles. The molecular formula is C106H96N8O4+4. The Kier molecular flexibility index (Phi) is 18.3. The molecular weight excluding hydrogens is 1450 g/mol. The summed E-state index contributed by atoms with van der Waals surface area (Å²) < 4.78 is 82.5. The van der Waals surface area contributed by atoms with Crippen LogP contribution in [0.3, 0.4) is 0 Å². The van der Waals surface area contributed by atoms with E-state index in [0.717, 1.165) is 150 Å². The molecule has 12 heterocycles. The number of rotatable bonds is 8. The van der Waals surface area contributed by atoms with Crippen LogP contribution in [0.1, 0.15) is 86.6 Å². The van der Waals surface area contributed by atoms with Gasteiger partial charge in [-0.15, -0.1) is 0 Å². The third kappa shape index (κ3) is 14.1. The second-order valence-electron chi connectivity index (χ2n) is 31.5. The summed E-state index contributed by atoms with van der Waals surface area (Å²) in [4.78, 5) is 18.3. The number of furan rings is 4. The molecule has 0 amide bonds. The Hall–Kier alpha value is -13.8. The van der Waals surface area contributed by atoms with E-state index in [0.29, 0.717) is 55.9 Å². The maximum Gasteiger partial charge on any atom is 0.227 e. The van der Waals surface area contributed by atoms with Gasteiger partial charge in [-0.2, -0.15) is 0 Å². The van der Waals surface area contributed by atoms with Gasteiger partial charge in [-0.25, -0.2) is 38.2 Å². The van der Waals surface area contributed by atoms with Gasteiger partial charge in [-0.1, -0.05) is 152 Å². The molecule has 12 heteroatoms. The first-order valence-corrected chi connectivity index (χ1v) is 39.9. The van der Waals surface area contributed by atoms with Crippen LogP contribution in [0, 0.1) is 96.8 Å². The van der Waals surface area contributed by atoms with Crippen LogP contribution in [0.4, 0.5) is 0 Å². The number of hydrogen-bond donors (Lipinski definition) is 0. The highest BCUT2D eigenvalue weighted by molar-refractivity contribution is 6.14. The van der Waals surface area contributed by atoms with Gasteiger partial charge in [0.05, 0.1) is 22.3 Å². The number of fused-ring (bicyclic) bond motifs is 12. The van der Waals surface area contributed by atoms with Crippen LogP contribution in [0.25, 0.3) is 178 Å². The number of benzene rings is 8. The van der Waals surface area contributed by atoms with Crippen molar-refractivity contribution in [2.45, 2.75) is 96.8 Å². The molecule has 0 saturated carbocycles. The van der Waals surface area contributed by atoms with Crippen molar-refractivity contribution >= 4 is 88.3 Å². The summed E-state index contributed by atoms with van der Waals surface area (Å²) in [6.45, 7) is 20.0. The fourth-order valence-corrected chi connectivity index (χ4v) is 17.0. The molecule has 8 aromatic carbocycles. The van der Waals surface area contributed by atoms with Gasteiger partial charge in [0.2, 0.25) is 45.6 Å². The Balaban J connectivity index is 0.000000117. The van der Waals surface area contributed by atoms with Crippen molar-refractivity contribution in [2.24, 2.45) is 28.2 Å². The summed E-state index contributed by atoms with van der Waals surface area (Å²) in [5.41, 5.74) is 36.1. The van der Waals surface area contributed by atoms with Crippen molar-refractivity contribution in [1.29, 1.82) is 0 Å². The summed E-state index contributed by atoms with van der Waals surface area (Å²) in [5.74, 6) is 0. The second kappa shape index (κ2) is 31.1. The van der Waals surface area contributed by atoms with E-state index < -0.39 is 13.7 Å². The molecule has 0 fully saturated rings. The minimum absolute atomic E-state index is 0.293. The van der Waals surface area contributed by atoms with Crippen molar-refractivity contribution in [3.8, 4) is 89.5 Å². The lowest BCUT2D eigenvalue weighted by molar-refractivity contribution is -0.660. The predicted molar refractivity (Wildman–Crippen MR) is 481 cm³/mol. The lowest BCUT2D eigenvalue weighted by atomic mass is 9.95. The van der Waals surface area contributed by atoms with Gasteiger partial charge in [0.25, 0.3) is 0 Å². The molecule has 0 aliphatic carbocycles. The van der Waals surface area contributed by atoms with Gasteiger partial charge in [-0.3, -0.25) is 0 Å². The van der Waals surface area contributed by atoms with Crippen LogP contribution >= 0.6 is 0 Å². The molecule has 0 atom stereocenters. The molecule has 12 nitrogen and oxygen atoms in total. The second-order valence-corrected chi connectivity index (χ2v) is 31.5. The molecule has 0 unspecified atom stereocenters. The Morgan fingerprint density at radius 2 is 0.542 bits per heavy atom. The first-order valence-electron chi connectivity index (χ1n) is 42.9. The summed E-state index contributed by atoms with van der Waals surface area (Å²) >= 11 is 0. The van der Waals surface area contributed by atoms with Crippen LogP contribution in [-0.2, 0) is 28.2 Å². The van der Waals surface area contributed by atoms with E-state index in [9.17, 15) is 0 Å². The Bertz CT molecular complexity index is 7640. The first kappa shape index (κ1) is 69.6. The largest absolute Gasteiger partial charge is 0.437 e. The molecule has 0 radical (unpaired) electrons. The summed E-state index contributed by atoms with van der Waals surface area (Å²) in [6.07, 6.45) is 8.63. The highest BCUT2D eigenvalue weighted by atomic mass is 16.4. The molecule has 580 valence electrons. The van der Waals surface area contributed by atoms with E-state index in [2.05, 4.69) is 270 Å². The van der Waals surface area contributed by atoms with E-state index in [1.807, 2.05) is 122 Å². The number of aryl methyl sites for hydroxylation is 18. The molecule has 0 spiro atoms. The van der Waals surface area contributed by atoms with Gasteiger partial charge >= 0.3 is 0 Å². The van der Waals surface area contributed by atoms with E-state index in [4.69, 9.17) is 25.9 Å². The molecule has 118 heavy (non-hydrogen) atoms. The van der Waals surface area contributed by atoms with Crippen molar-refractivity contribution in [2.75, 3.05) is 0 Å². The zero-order valence-electron chi connectivity index (χ0n) is 75.5. The Labute approximate surface area is 696 Å². The zero-order valence-corrected chi connectivity index (χ0v) is 69.5. The van der Waals surface area contributed by atoms with Crippen molar-refractivity contribution < 1.29 is 44.2 Å². The summed E-state index contributed by atoms with van der Waals surface area (Å²) in [7, 11) is 8.22. The number of nitrogens with zero attached hydrogens (tertiary/aromatic N) is 8. The van der Waals surface area contributed by atoms with E-state index >= 15 is 0 Å². The monoisotopic (exact) mass is 1550 g/mol. The fraction of sp³-hybridized carbons (Fsp3) is 0.170. The molecule has 0 bridgehead atoms. The molecule has 0 saturated heterocycles. The highest BCUT2D eigenvalue weighted by Crippen LogP contribution is 2.45. The van der Waals surface area contributed by atoms with Gasteiger partial charge < -0.3 is 17.7 Å². The van der Waals surface area contributed by atoms with Gasteiger partial charge in [-0.05, 0) is 229 Å². The topological polar surface area (TPSA) is 120 Å². The van der Waals surface area contributed by atoms with Crippen molar-refractivity contribution in [1.82, 2.24) is 19.9 Å². The molecule has 20 aromatic rings. The average molecular weight is 1550 g/mol. The minimum atomic E-state index is -2.27. The van der Waals surface area contributed by atoms with Crippen molar-refractivity contribution in [3.63, 3.8) is 0 Å². The van der Waals surface area contributed by atoms with Crippen LogP contribution < -0.4 is 18.3 Å². The summed E-state index contributed by atoms with van der Waals surface area (Å²) in [5, 5.41) is 7.08. The lowest BCUT2D eigenvalue weighted by Gasteiger charge is -2.11.